The van der Waals surface area contributed by atoms with Gasteiger partial charge >= 0.3 is 0 Å². The molecular formula is C55H58N4. The molecule has 3 aromatic rings. The molecule has 2 spiro atoms. The third kappa shape index (κ3) is 7.51. The lowest BCUT2D eigenvalue weighted by atomic mass is 9.68. The van der Waals surface area contributed by atoms with E-state index in [4.69, 9.17) is 0 Å². The summed E-state index contributed by atoms with van der Waals surface area (Å²) in [6, 6.07) is 25.8. The normalized spacial score (nSPS) is 27.3. The molecule has 0 fully saturated rings. The molecule has 3 aliphatic heterocycles. The molecule has 10 rings (SSSR count). The van der Waals surface area contributed by atoms with E-state index in [0.717, 1.165) is 32.7 Å². The van der Waals surface area contributed by atoms with Crippen molar-refractivity contribution in [1.29, 1.82) is 0 Å². The van der Waals surface area contributed by atoms with Crippen molar-refractivity contribution >= 4 is 22.6 Å². The molecule has 0 bridgehead atoms. The number of fused-ring (bicyclic) bond motifs is 5. The second kappa shape index (κ2) is 16.4. The highest BCUT2D eigenvalue weighted by molar-refractivity contribution is 5.80. The smallest absolute Gasteiger partial charge is 0.0660 e. The Balaban J connectivity index is 0.000000233. The fourth-order valence-corrected chi connectivity index (χ4v) is 10.3. The number of benzene rings is 3. The average Bonchev–Trinajstić information content (AvgIpc) is 3.93. The summed E-state index contributed by atoms with van der Waals surface area (Å²) in [7, 11) is 0. The van der Waals surface area contributed by atoms with Gasteiger partial charge < -0.3 is 15.1 Å². The molecule has 0 aromatic heterocycles. The maximum Gasteiger partial charge on any atom is 0.0660 e. The Morgan fingerprint density at radius 2 is 1.76 bits per heavy atom. The van der Waals surface area contributed by atoms with Gasteiger partial charge in [0.25, 0.3) is 0 Å². The predicted molar refractivity (Wildman–Crippen MR) is 251 cm³/mol. The minimum Gasteiger partial charge on any atom is -0.372 e. The molecule has 3 heterocycles. The average molecular weight is 775 g/mol. The lowest BCUT2D eigenvalue weighted by Crippen LogP contribution is -2.43. The van der Waals surface area contributed by atoms with Gasteiger partial charge in [-0.2, -0.15) is 0 Å². The van der Waals surface area contributed by atoms with E-state index in [0.29, 0.717) is 17.9 Å². The van der Waals surface area contributed by atoms with Crippen LogP contribution in [0.25, 0.3) is 5.57 Å². The summed E-state index contributed by atoms with van der Waals surface area (Å²) in [5.41, 5.74) is 15.2. The summed E-state index contributed by atoms with van der Waals surface area (Å²) in [5.74, 6) is 1.08. The van der Waals surface area contributed by atoms with Crippen LogP contribution in [0.5, 0.6) is 0 Å². The van der Waals surface area contributed by atoms with Crippen LogP contribution in [0, 0.1) is 18.8 Å². The third-order valence-corrected chi connectivity index (χ3v) is 13.3. The van der Waals surface area contributed by atoms with E-state index < -0.39 is 0 Å². The van der Waals surface area contributed by atoms with Gasteiger partial charge in [0.05, 0.1) is 12.7 Å². The summed E-state index contributed by atoms with van der Waals surface area (Å²) in [4.78, 5) is 5.10. The summed E-state index contributed by atoms with van der Waals surface area (Å²) in [6.07, 6.45) is 40.9. The Bertz CT molecular complexity index is 2430. The molecule has 0 saturated heterocycles. The van der Waals surface area contributed by atoms with E-state index in [-0.39, 0.29) is 10.8 Å². The van der Waals surface area contributed by atoms with Crippen molar-refractivity contribution < 1.29 is 0 Å². The minimum absolute atomic E-state index is 0.0160. The molecule has 4 unspecified atom stereocenters. The molecule has 4 aliphatic carbocycles. The van der Waals surface area contributed by atoms with Crippen LogP contribution < -0.4 is 20.4 Å². The largest absolute Gasteiger partial charge is 0.372 e. The van der Waals surface area contributed by atoms with Gasteiger partial charge in [0.2, 0.25) is 0 Å². The van der Waals surface area contributed by atoms with Gasteiger partial charge in [-0.25, -0.2) is 0 Å². The summed E-state index contributed by atoms with van der Waals surface area (Å²) < 4.78 is 0. The van der Waals surface area contributed by atoms with Crippen LogP contribution in [-0.2, 0) is 10.8 Å². The lowest BCUT2D eigenvalue weighted by Gasteiger charge is -2.36. The first kappa shape index (κ1) is 38.7. The molecule has 298 valence electrons. The first-order chi connectivity index (χ1) is 28.9. The highest BCUT2D eigenvalue weighted by Gasteiger charge is 2.45. The number of hydrogen-bond donors (Lipinski definition) is 2. The van der Waals surface area contributed by atoms with Crippen molar-refractivity contribution in [3.05, 3.63) is 216 Å². The number of nitrogens with zero attached hydrogens (tertiary/aromatic N) is 2. The first-order valence-electron chi connectivity index (χ1n) is 21.7. The summed E-state index contributed by atoms with van der Waals surface area (Å²) >= 11 is 0. The van der Waals surface area contributed by atoms with Crippen molar-refractivity contribution in [2.24, 2.45) is 11.8 Å². The second-order valence-corrected chi connectivity index (χ2v) is 17.4. The molecule has 4 heteroatoms. The number of aryl methyl sites for hydroxylation is 1. The SMILES string of the molecule is C=C/C=C\C=C/CN1CC2(C=CC=CC2)c2cc(C3=CC4(CCC3C)CN(c3cccc(C)c3)c3ccccc34)ccc21.C[C@@H]1C=CC(C2=C3C=CC=CC3NCN2)=C1. The van der Waals surface area contributed by atoms with E-state index in [9.17, 15) is 0 Å². The van der Waals surface area contributed by atoms with Crippen molar-refractivity contribution in [3.8, 4) is 0 Å². The Kier molecular flexibility index (Phi) is 10.8. The standard InChI is InChI=1S/C41H42N2.C14H16N2/c1-4-5-6-7-13-25-42-29-40(22-11-8-12-23-40)37-27-33(19-20-38(37)42)35-28-41(24-21-32(35)3)30-43(34-16-14-15-31(2)26-34)39-18-10-9-17-36(39)41;1-10-6-7-11(8-10)14-12-4-2-3-5-13(12)15-9-16-14/h4-20,22,26-28,32H,1,21,23-25,29-30H2,2-3H3;2-8,10,13,15-16H,9H2,1H3/b6-5-,13-7-;/t;10-,13?/m.1/s1. The molecule has 59 heavy (non-hydrogen) atoms. The topological polar surface area (TPSA) is 30.5 Å². The number of hydrogen-bond acceptors (Lipinski definition) is 4. The zero-order valence-corrected chi connectivity index (χ0v) is 34.9. The second-order valence-electron chi connectivity index (χ2n) is 17.4. The molecule has 2 N–H and O–H groups in total. The van der Waals surface area contributed by atoms with Crippen LogP contribution in [0.3, 0.4) is 0 Å². The lowest BCUT2D eigenvalue weighted by molar-refractivity contribution is 0.444. The van der Waals surface area contributed by atoms with Gasteiger partial charge in [-0.15, -0.1) is 0 Å². The Labute approximate surface area is 352 Å². The van der Waals surface area contributed by atoms with E-state index in [1.165, 1.54) is 74.6 Å². The fourth-order valence-electron chi connectivity index (χ4n) is 10.3. The van der Waals surface area contributed by atoms with Crippen molar-refractivity contribution in [2.45, 2.75) is 56.9 Å². The van der Waals surface area contributed by atoms with Crippen LogP contribution in [0.2, 0.25) is 0 Å². The molecule has 5 atom stereocenters. The van der Waals surface area contributed by atoms with Gasteiger partial charge in [0, 0.05) is 53.2 Å². The van der Waals surface area contributed by atoms with E-state index in [2.05, 4.69) is 206 Å². The van der Waals surface area contributed by atoms with Crippen LogP contribution in [-0.4, -0.2) is 32.3 Å². The Hall–Kier alpha value is -5.84. The summed E-state index contributed by atoms with van der Waals surface area (Å²) in [6.45, 7) is 14.4. The van der Waals surface area contributed by atoms with Crippen LogP contribution in [0.4, 0.5) is 17.1 Å². The van der Waals surface area contributed by atoms with Crippen LogP contribution in [0.1, 0.15) is 55.4 Å². The third-order valence-electron chi connectivity index (χ3n) is 13.3. The first-order valence-corrected chi connectivity index (χ1v) is 21.7. The van der Waals surface area contributed by atoms with E-state index in [1.807, 2.05) is 12.2 Å². The summed E-state index contributed by atoms with van der Waals surface area (Å²) in [5, 5.41) is 6.87. The maximum atomic E-state index is 3.78. The Morgan fingerprint density at radius 1 is 0.847 bits per heavy atom. The van der Waals surface area contributed by atoms with Gasteiger partial charge in [-0.05, 0) is 107 Å². The highest BCUT2D eigenvalue weighted by Crippen LogP contribution is 2.53. The number of para-hydroxylation sites is 1. The predicted octanol–water partition coefficient (Wildman–Crippen LogP) is 11.8. The monoisotopic (exact) mass is 774 g/mol. The van der Waals surface area contributed by atoms with Gasteiger partial charge in [-0.1, -0.05) is 160 Å². The molecule has 7 aliphatic rings. The quantitative estimate of drug-likeness (QED) is 0.234. The zero-order valence-electron chi connectivity index (χ0n) is 34.9. The molecule has 3 aromatic carbocycles. The Morgan fingerprint density at radius 3 is 2.59 bits per heavy atom. The molecular weight excluding hydrogens is 717 g/mol. The van der Waals surface area contributed by atoms with Gasteiger partial charge in [0.15, 0.2) is 0 Å². The number of anilines is 3. The fraction of sp³-hybridized carbons (Fsp3) is 0.273. The molecule has 0 radical (unpaired) electrons. The van der Waals surface area contributed by atoms with Crippen molar-refractivity contribution in [3.63, 3.8) is 0 Å². The molecule has 0 saturated carbocycles. The number of nitrogens with one attached hydrogen (secondary N) is 2. The molecule has 4 nitrogen and oxygen atoms in total. The van der Waals surface area contributed by atoms with Crippen LogP contribution >= 0.6 is 0 Å². The van der Waals surface area contributed by atoms with Crippen molar-refractivity contribution in [1.82, 2.24) is 10.6 Å². The zero-order chi connectivity index (χ0) is 40.4. The van der Waals surface area contributed by atoms with Gasteiger partial charge in [-0.3, -0.25) is 5.32 Å². The molecule has 0 amide bonds. The van der Waals surface area contributed by atoms with E-state index in [1.54, 1.807) is 0 Å². The van der Waals surface area contributed by atoms with E-state index >= 15 is 0 Å². The minimum atomic E-state index is 0.0160. The number of allylic oxidation sites excluding steroid dienone is 13. The van der Waals surface area contributed by atoms with Crippen molar-refractivity contribution in [2.75, 3.05) is 36.1 Å². The number of rotatable bonds is 7. The van der Waals surface area contributed by atoms with Gasteiger partial charge in [0.1, 0.15) is 0 Å². The van der Waals surface area contributed by atoms with Crippen LogP contribution in [0.15, 0.2) is 193 Å². The maximum absolute atomic E-state index is 3.78. The highest BCUT2D eigenvalue weighted by atomic mass is 15.2.